The Morgan fingerprint density at radius 1 is 1.45 bits per heavy atom. The van der Waals surface area contributed by atoms with Crippen molar-refractivity contribution in [2.24, 2.45) is 0 Å². The Balaban J connectivity index is 0.00000176. The molecule has 1 atom stereocenters. The van der Waals surface area contributed by atoms with Crippen LogP contribution in [0.15, 0.2) is 34.9 Å². The molecule has 1 aromatic carbocycles. The predicted octanol–water partition coefficient (Wildman–Crippen LogP) is 2.85. The number of halogens is 2. The first kappa shape index (κ1) is 16.8. The summed E-state index contributed by atoms with van der Waals surface area (Å²) in [4.78, 5) is 14.3. The van der Waals surface area contributed by atoms with E-state index in [4.69, 9.17) is 16.1 Å². The highest BCUT2D eigenvalue weighted by molar-refractivity contribution is 6.30. The largest absolute Gasteiger partial charge is 0.355 e. The van der Waals surface area contributed by atoms with Crippen LogP contribution in [0.4, 0.5) is 0 Å². The minimum Gasteiger partial charge on any atom is -0.355 e. The molecule has 7 heteroatoms. The highest BCUT2D eigenvalue weighted by atomic mass is 35.5. The Kier molecular flexibility index (Phi) is 5.45. The lowest BCUT2D eigenvalue weighted by Gasteiger charge is -2.33. The summed E-state index contributed by atoms with van der Waals surface area (Å²) < 4.78 is 5.28. The highest BCUT2D eigenvalue weighted by Gasteiger charge is 2.26. The number of nitrogens with one attached hydrogen (secondary N) is 1. The fourth-order valence-electron chi connectivity index (χ4n) is 2.44. The van der Waals surface area contributed by atoms with Crippen LogP contribution in [0.3, 0.4) is 0 Å². The second-order valence-corrected chi connectivity index (χ2v) is 5.57. The van der Waals surface area contributed by atoms with Gasteiger partial charge >= 0.3 is 0 Å². The first-order valence-electron chi connectivity index (χ1n) is 6.89. The van der Waals surface area contributed by atoms with Crippen LogP contribution in [0.5, 0.6) is 0 Å². The zero-order chi connectivity index (χ0) is 14.8. The second kappa shape index (κ2) is 7.13. The average molecular weight is 342 g/mol. The highest BCUT2D eigenvalue weighted by Crippen LogP contribution is 2.24. The quantitative estimate of drug-likeness (QED) is 0.912. The van der Waals surface area contributed by atoms with Gasteiger partial charge in [-0.2, -0.15) is 0 Å². The van der Waals surface area contributed by atoms with E-state index >= 15 is 0 Å². The second-order valence-electron chi connectivity index (χ2n) is 5.14. The van der Waals surface area contributed by atoms with E-state index < -0.39 is 0 Å². The van der Waals surface area contributed by atoms with Crippen molar-refractivity contribution < 1.29 is 9.32 Å². The maximum absolute atomic E-state index is 12.5. The molecular formula is C15H17Cl2N3O2. The molecule has 0 spiro atoms. The minimum absolute atomic E-state index is 0. The van der Waals surface area contributed by atoms with E-state index in [1.165, 1.54) is 0 Å². The molecule has 0 radical (unpaired) electrons. The number of carbonyl (C=O) groups is 1. The SMILES string of the molecule is C[C@H]1CNCCN1C(=O)c1cc(-c2cccc(Cl)c2)on1.Cl. The molecule has 0 aliphatic carbocycles. The van der Waals surface area contributed by atoms with Crippen LogP contribution in [0, 0.1) is 0 Å². The molecular weight excluding hydrogens is 325 g/mol. The molecule has 1 aliphatic rings. The summed E-state index contributed by atoms with van der Waals surface area (Å²) in [5.41, 5.74) is 1.14. The van der Waals surface area contributed by atoms with Crippen molar-refractivity contribution in [1.29, 1.82) is 0 Å². The van der Waals surface area contributed by atoms with Gasteiger partial charge in [-0.1, -0.05) is 28.9 Å². The fourth-order valence-corrected chi connectivity index (χ4v) is 2.63. The number of aromatic nitrogens is 1. The van der Waals surface area contributed by atoms with Gasteiger partial charge in [0.15, 0.2) is 11.5 Å². The maximum atomic E-state index is 12.5. The number of benzene rings is 1. The smallest absolute Gasteiger partial charge is 0.276 e. The summed E-state index contributed by atoms with van der Waals surface area (Å²) in [7, 11) is 0. The van der Waals surface area contributed by atoms with Crippen molar-refractivity contribution in [3.63, 3.8) is 0 Å². The van der Waals surface area contributed by atoms with E-state index in [-0.39, 0.29) is 24.4 Å². The molecule has 22 heavy (non-hydrogen) atoms. The molecule has 118 valence electrons. The van der Waals surface area contributed by atoms with Gasteiger partial charge in [-0.3, -0.25) is 4.79 Å². The third-order valence-corrected chi connectivity index (χ3v) is 3.84. The first-order chi connectivity index (χ1) is 10.1. The molecule has 1 amide bonds. The van der Waals surface area contributed by atoms with E-state index in [0.29, 0.717) is 23.0 Å². The van der Waals surface area contributed by atoms with Crippen molar-refractivity contribution in [2.45, 2.75) is 13.0 Å². The van der Waals surface area contributed by atoms with Crippen LogP contribution in [-0.2, 0) is 0 Å². The zero-order valence-corrected chi connectivity index (χ0v) is 13.7. The van der Waals surface area contributed by atoms with E-state index in [2.05, 4.69) is 10.5 Å². The molecule has 2 heterocycles. The average Bonchev–Trinajstić information content (AvgIpc) is 2.97. The van der Waals surface area contributed by atoms with Gasteiger partial charge in [-0.25, -0.2) is 0 Å². The van der Waals surface area contributed by atoms with Crippen LogP contribution in [0.25, 0.3) is 11.3 Å². The van der Waals surface area contributed by atoms with Crippen LogP contribution < -0.4 is 5.32 Å². The van der Waals surface area contributed by atoms with Gasteiger partial charge in [0.05, 0.1) is 0 Å². The Hall–Kier alpha value is -1.56. The van der Waals surface area contributed by atoms with Gasteiger partial charge in [-0.15, -0.1) is 12.4 Å². The van der Waals surface area contributed by atoms with E-state index in [1.807, 2.05) is 24.0 Å². The lowest BCUT2D eigenvalue weighted by molar-refractivity contribution is 0.0645. The van der Waals surface area contributed by atoms with E-state index in [0.717, 1.165) is 18.7 Å². The number of carbonyl (C=O) groups excluding carboxylic acids is 1. The lowest BCUT2D eigenvalue weighted by atomic mass is 10.1. The molecule has 0 saturated carbocycles. The number of piperazine rings is 1. The number of rotatable bonds is 2. The van der Waals surface area contributed by atoms with E-state index in [9.17, 15) is 4.79 Å². The van der Waals surface area contributed by atoms with Gasteiger partial charge in [-0.05, 0) is 19.1 Å². The van der Waals surface area contributed by atoms with E-state index in [1.54, 1.807) is 18.2 Å². The number of nitrogens with zero attached hydrogens (tertiary/aromatic N) is 2. The van der Waals surface area contributed by atoms with Crippen molar-refractivity contribution in [3.8, 4) is 11.3 Å². The van der Waals surface area contributed by atoms with Crippen LogP contribution in [0.1, 0.15) is 17.4 Å². The Morgan fingerprint density at radius 3 is 3.00 bits per heavy atom. The van der Waals surface area contributed by atoms with Crippen LogP contribution >= 0.6 is 24.0 Å². The molecule has 0 bridgehead atoms. The molecule has 5 nitrogen and oxygen atoms in total. The van der Waals surface area contributed by atoms with Crippen LogP contribution in [-0.4, -0.2) is 41.6 Å². The third-order valence-electron chi connectivity index (χ3n) is 3.60. The van der Waals surface area contributed by atoms with Crippen molar-refractivity contribution in [3.05, 3.63) is 41.0 Å². The molecule has 3 rings (SSSR count). The lowest BCUT2D eigenvalue weighted by Crippen LogP contribution is -2.52. The van der Waals surface area contributed by atoms with Crippen molar-refractivity contribution in [2.75, 3.05) is 19.6 Å². The maximum Gasteiger partial charge on any atom is 0.276 e. The molecule has 0 unspecified atom stereocenters. The van der Waals surface area contributed by atoms with Gasteiger partial charge in [0, 0.05) is 42.3 Å². The molecule has 1 aromatic heterocycles. The van der Waals surface area contributed by atoms with Gasteiger partial charge in [0.25, 0.3) is 5.91 Å². The van der Waals surface area contributed by atoms with Gasteiger partial charge < -0.3 is 14.7 Å². The topological polar surface area (TPSA) is 58.4 Å². The molecule has 1 fully saturated rings. The van der Waals surface area contributed by atoms with Gasteiger partial charge in [0.2, 0.25) is 0 Å². The van der Waals surface area contributed by atoms with Crippen LogP contribution in [0.2, 0.25) is 5.02 Å². The number of hydrogen-bond acceptors (Lipinski definition) is 4. The summed E-state index contributed by atoms with van der Waals surface area (Å²) in [6.45, 7) is 4.29. The Morgan fingerprint density at radius 2 is 2.27 bits per heavy atom. The minimum atomic E-state index is -0.0963. The van der Waals surface area contributed by atoms with Gasteiger partial charge in [0.1, 0.15) is 0 Å². The summed E-state index contributed by atoms with van der Waals surface area (Å²) in [5, 5.41) is 7.78. The summed E-state index contributed by atoms with van der Waals surface area (Å²) in [5.74, 6) is 0.449. The Labute approximate surface area is 140 Å². The molecule has 1 saturated heterocycles. The first-order valence-corrected chi connectivity index (χ1v) is 7.27. The molecule has 1 N–H and O–H groups in total. The third kappa shape index (κ3) is 3.43. The standard InChI is InChI=1S/C15H16ClN3O2.ClH/c1-10-9-17-5-6-19(10)15(20)13-8-14(21-18-13)11-3-2-4-12(16)7-11;/h2-4,7-8,10,17H,5-6,9H2,1H3;1H/t10-;/m0./s1. The van der Waals surface area contributed by atoms with Crippen molar-refractivity contribution in [1.82, 2.24) is 15.4 Å². The predicted molar refractivity (Wildman–Crippen MR) is 87.6 cm³/mol. The molecule has 1 aliphatic heterocycles. The van der Waals surface area contributed by atoms with Crippen molar-refractivity contribution >= 4 is 29.9 Å². The summed E-state index contributed by atoms with van der Waals surface area (Å²) >= 11 is 5.96. The summed E-state index contributed by atoms with van der Waals surface area (Å²) in [6, 6.07) is 9.09. The number of amides is 1. The number of hydrogen-bond donors (Lipinski definition) is 1. The normalized spacial score (nSPS) is 17.9. The monoisotopic (exact) mass is 341 g/mol. The Bertz CT molecular complexity index is 660. The molecule has 2 aromatic rings. The summed E-state index contributed by atoms with van der Waals surface area (Å²) in [6.07, 6.45) is 0. The fraction of sp³-hybridized carbons (Fsp3) is 0.333. The zero-order valence-electron chi connectivity index (χ0n) is 12.1.